The summed E-state index contributed by atoms with van der Waals surface area (Å²) in [6.45, 7) is 5.17. The molecule has 0 aromatic heterocycles. The average molecular weight is 293 g/mol. The summed E-state index contributed by atoms with van der Waals surface area (Å²) in [4.78, 5) is 25.4. The second-order valence-electron chi connectivity index (χ2n) is 4.91. The molecular weight excluding hydrogens is 270 g/mol. The minimum absolute atomic E-state index is 0.0981. The fourth-order valence-electron chi connectivity index (χ4n) is 1.90. The third kappa shape index (κ3) is 5.19. The van der Waals surface area contributed by atoms with E-state index in [4.69, 9.17) is 4.74 Å². The molecule has 0 saturated heterocycles. The molecule has 0 heterocycles. The maximum Gasteiger partial charge on any atom is 0.307 e. The van der Waals surface area contributed by atoms with Crippen LogP contribution < -0.4 is 0 Å². The molecule has 0 unspecified atom stereocenters. The summed E-state index contributed by atoms with van der Waals surface area (Å²) in [5, 5.41) is 0. The molecule has 5 nitrogen and oxygen atoms in total. The lowest BCUT2D eigenvalue weighted by molar-refractivity contribution is -0.140. The Kier molecular flexibility index (Phi) is 6.88. The summed E-state index contributed by atoms with van der Waals surface area (Å²) in [5.74, 6) is -0.427. The van der Waals surface area contributed by atoms with Gasteiger partial charge in [0, 0.05) is 25.8 Å². The van der Waals surface area contributed by atoms with E-state index < -0.39 is 0 Å². The van der Waals surface area contributed by atoms with Crippen LogP contribution in [0.25, 0.3) is 0 Å². The van der Waals surface area contributed by atoms with Crippen LogP contribution in [0.15, 0.2) is 18.2 Å². The second-order valence-corrected chi connectivity index (χ2v) is 4.91. The van der Waals surface area contributed by atoms with E-state index in [1.807, 2.05) is 32.0 Å². The van der Waals surface area contributed by atoms with Gasteiger partial charge in [0.2, 0.25) is 0 Å². The number of rotatable bonds is 7. The van der Waals surface area contributed by atoms with Crippen LogP contribution in [0.3, 0.4) is 0 Å². The number of methoxy groups -OCH3 is 2. The Morgan fingerprint density at radius 1 is 1.10 bits per heavy atom. The van der Waals surface area contributed by atoms with Gasteiger partial charge in [-0.05, 0) is 37.1 Å². The molecule has 0 N–H and O–H groups in total. The maximum atomic E-state index is 12.5. The van der Waals surface area contributed by atoms with Crippen molar-refractivity contribution in [3.05, 3.63) is 34.9 Å². The van der Waals surface area contributed by atoms with Gasteiger partial charge in [-0.2, -0.15) is 0 Å². The Hall–Kier alpha value is -1.88. The number of carbonyl (C=O) groups is 2. The summed E-state index contributed by atoms with van der Waals surface area (Å²) in [6, 6.07) is 5.61. The predicted molar refractivity (Wildman–Crippen MR) is 80.3 cm³/mol. The Morgan fingerprint density at radius 3 is 2.38 bits per heavy atom. The van der Waals surface area contributed by atoms with Gasteiger partial charge in [-0.1, -0.05) is 6.07 Å². The zero-order chi connectivity index (χ0) is 15.8. The van der Waals surface area contributed by atoms with E-state index in [0.717, 1.165) is 11.1 Å². The molecule has 0 bridgehead atoms. The zero-order valence-corrected chi connectivity index (χ0v) is 13.1. The van der Waals surface area contributed by atoms with Crippen LogP contribution >= 0.6 is 0 Å². The van der Waals surface area contributed by atoms with Gasteiger partial charge in [0.05, 0.1) is 20.1 Å². The zero-order valence-electron chi connectivity index (χ0n) is 13.1. The van der Waals surface area contributed by atoms with Crippen molar-refractivity contribution in [3.63, 3.8) is 0 Å². The molecule has 0 fully saturated rings. The number of amides is 1. The highest BCUT2D eigenvalue weighted by molar-refractivity contribution is 5.94. The van der Waals surface area contributed by atoms with Gasteiger partial charge in [0.15, 0.2) is 0 Å². The summed E-state index contributed by atoms with van der Waals surface area (Å²) in [6.07, 6.45) is 0.177. The van der Waals surface area contributed by atoms with Crippen molar-refractivity contribution in [2.24, 2.45) is 0 Å². The average Bonchev–Trinajstić information content (AvgIpc) is 2.49. The van der Waals surface area contributed by atoms with Crippen molar-refractivity contribution in [2.45, 2.75) is 20.3 Å². The van der Waals surface area contributed by atoms with Crippen molar-refractivity contribution < 1.29 is 19.1 Å². The van der Waals surface area contributed by atoms with Crippen LogP contribution in [0.4, 0.5) is 0 Å². The number of ether oxygens (including phenoxy) is 2. The molecule has 1 amide bonds. The van der Waals surface area contributed by atoms with Crippen molar-refractivity contribution in [1.82, 2.24) is 4.90 Å². The summed E-state index contributed by atoms with van der Waals surface area (Å²) in [5.41, 5.74) is 2.84. The van der Waals surface area contributed by atoms with Crippen LogP contribution in [0, 0.1) is 13.8 Å². The molecule has 21 heavy (non-hydrogen) atoms. The number of hydrogen-bond acceptors (Lipinski definition) is 4. The largest absolute Gasteiger partial charge is 0.469 e. The van der Waals surface area contributed by atoms with Crippen LogP contribution in [0.1, 0.15) is 27.9 Å². The molecule has 0 spiro atoms. The Labute approximate surface area is 125 Å². The number of nitrogens with zero attached hydrogens (tertiary/aromatic N) is 1. The Bertz CT molecular complexity index is 499. The molecule has 0 atom stereocenters. The first-order valence-electron chi connectivity index (χ1n) is 6.92. The summed E-state index contributed by atoms with van der Waals surface area (Å²) >= 11 is 0. The normalized spacial score (nSPS) is 10.3. The quantitative estimate of drug-likeness (QED) is 0.721. The fraction of sp³-hybridized carbons (Fsp3) is 0.500. The van der Waals surface area contributed by atoms with Gasteiger partial charge >= 0.3 is 5.97 Å². The molecule has 0 saturated carbocycles. The van der Waals surface area contributed by atoms with E-state index in [1.165, 1.54) is 7.11 Å². The lowest BCUT2D eigenvalue weighted by Crippen LogP contribution is -2.35. The minimum atomic E-state index is -0.328. The van der Waals surface area contributed by atoms with Gasteiger partial charge in [-0.3, -0.25) is 9.59 Å². The van der Waals surface area contributed by atoms with Crippen LogP contribution in [-0.2, 0) is 14.3 Å². The molecule has 0 aliphatic heterocycles. The molecule has 0 radical (unpaired) electrons. The van der Waals surface area contributed by atoms with Crippen molar-refractivity contribution >= 4 is 11.9 Å². The van der Waals surface area contributed by atoms with Gasteiger partial charge in [0.25, 0.3) is 5.91 Å². The summed E-state index contributed by atoms with van der Waals surface area (Å²) in [7, 11) is 2.92. The van der Waals surface area contributed by atoms with E-state index in [2.05, 4.69) is 4.74 Å². The van der Waals surface area contributed by atoms with Crippen molar-refractivity contribution in [3.8, 4) is 0 Å². The first kappa shape index (κ1) is 17.2. The van der Waals surface area contributed by atoms with E-state index in [0.29, 0.717) is 25.3 Å². The first-order valence-corrected chi connectivity index (χ1v) is 6.92. The van der Waals surface area contributed by atoms with Crippen molar-refractivity contribution in [1.29, 1.82) is 0 Å². The number of hydrogen-bond donors (Lipinski definition) is 0. The number of esters is 1. The molecule has 1 rings (SSSR count). The number of benzene rings is 1. The maximum absolute atomic E-state index is 12.5. The van der Waals surface area contributed by atoms with Gasteiger partial charge in [0.1, 0.15) is 0 Å². The molecule has 116 valence electrons. The predicted octanol–water partition coefficient (Wildman–Crippen LogP) is 1.96. The lowest BCUT2D eigenvalue weighted by Gasteiger charge is -2.22. The third-order valence-corrected chi connectivity index (χ3v) is 3.42. The van der Waals surface area contributed by atoms with Crippen LogP contribution in [0.5, 0.6) is 0 Å². The van der Waals surface area contributed by atoms with Crippen LogP contribution in [-0.4, -0.2) is 50.7 Å². The standard InChI is InChI=1S/C16H23NO4/c1-12-5-6-14(11-13(12)2)16(19)17(9-10-20-3)8-7-15(18)21-4/h5-6,11H,7-10H2,1-4H3. The topological polar surface area (TPSA) is 55.8 Å². The second kappa shape index (κ2) is 8.42. The smallest absolute Gasteiger partial charge is 0.307 e. The molecule has 5 heteroatoms. The Morgan fingerprint density at radius 2 is 1.81 bits per heavy atom. The highest BCUT2D eigenvalue weighted by Gasteiger charge is 2.17. The fourth-order valence-corrected chi connectivity index (χ4v) is 1.90. The van der Waals surface area contributed by atoms with Gasteiger partial charge < -0.3 is 14.4 Å². The number of carbonyl (C=O) groups excluding carboxylic acids is 2. The van der Waals surface area contributed by atoms with E-state index in [1.54, 1.807) is 12.0 Å². The van der Waals surface area contributed by atoms with E-state index >= 15 is 0 Å². The van der Waals surface area contributed by atoms with E-state index in [-0.39, 0.29) is 18.3 Å². The molecule has 0 aliphatic rings. The monoisotopic (exact) mass is 293 g/mol. The van der Waals surface area contributed by atoms with E-state index in [9.17, 15) is 9.59 Å². The van der Waals surface area contributed by atoms with Crippen LogP contribution in [0.2, 0.25) is 0 Å². The SMILES string of the molecule is COCCN(CCC(=O)OC)C(=O)c1ccc(C)c(C)c1. The highest BCUT2D eigenvalue weighted by Crippen LogP contribution is 2.12. The molecule has 1 aromatic carbocycles. The first-order chi connectivity index (χ1) is 9.99. The lowest BCUT2D eigenvalue weighted by atomic mass is 10.1. The minimum Gasteiger partial charge on any atom is -0.469 e. The van der Waals surface area contributed by atoms with Gasteiger partial charge in [-0.15, -0.1) is 0 Å². The highest BCUT2D eigenvalue weighted by atomic mass is 16.5. The molecular formula is C16H23NO4. The molecule has 1 aromatic rings. The van der Waals surface area contributed by atoms with Crippen molar-refractivity contribution in [2.75, 3.05) is 33.9 Å². The van der Waals surface area contributed by atoms with Gasteiger partial charge in [-0.25, -0.2) is 0 Å². The molecule has 0 aliphatic carbocycles. The Balaban J connectivity index is 2.82. The summed E-state index contributed by atoms with van der Waals surface area (Å²) < 4.78 is 9.64. The third-order valence-electron chi connectivity index (χ3n) is 3.42. The number of aryl methyl sites for hydroxylation is 2.